The zero-order valence-corrected chi connectivity index (χ0v) is 12.6. The number of sulfonamides is 1. The first-order valence-electron chi connectivity index (χ1n) is 6.95. The van der Waals surface area contributed by atoms with Gasteiger partial charge in [-0.05, 0) is 37.0 Å². The smallest absolute Gasteiger partial charge is 0.238 e. The number of rotatable bonds is 5. The first-order valence-corrected chi connectivity index (χ1v) is 8.50. The molecule has 6 nitrogen and oxygen atoms in total. The van der Waals surface area contributed by atoms with Gasteiger partial charge in [0.25, 0.3) is 0 Å². The minimum Gasteiger partial charge on any atom is -0.378 e. The second-order valence-electron chi connectivity index (χ2n) is 5.16. The second kappa shape index (κ2) is 7.02. The minimum absolute atomic E-state index is 0.0171. The Morgan fingerprint density at radius 3 is 2.57 bits per heavy atom. The van der Waals surface area contributed by atoms with E-state index in [1.165, 1.54) is 12.1 Å². The van der Waals surface area contributed by atoms with Crippen LogP contribution in [0.1, 0.15) is 31.2 Å². The number of ether oxygens (including phenoxy) is 1. The molecular weight excluding hydrogens is 292 g/mol. The van der Waals surface area contributed by atoms with Crippen molar-refractivity contribution < 1.29 is 17.9 Å². The van der Waals surface area contributed by atoms with Gasteiger partial charge in [-0.2, -0.15) is 0 Å². The lowest BCUT2D eigenvalue weighted by Gasteiger charge is -2.21. The summed E-state index contributed by atoms with van der Waals surface area (Å²) in [4.78, 5) is 11.9. The molecule has 0 bridgehead atoms. The van der Waals surface area contributed by atoms with Crippen LogP contribution in [0.3, 0.4) is 0 Å². The number of carbonyl (C=O) groups is 1. The zero-order chi connectivity index (χ0) is 15.3. The number of primary sulfonamides is 1. The fraction of sp³-hybridized carbons (Fsp3) is 0.500. The van der Waals surface area contributed by atoms with Crippen molar-refractivity contribution in [3.63, 3.8) is 0 Å². The molecule has 0 aliphatic carbocycles. The molecule has 3 N–H and O–H groups in total. The Morgan fingerprint density at radius 1 is 1.29 bits per heavy atom. The third-order valence-electron chi connectivity index (χ3n) is 3.43. The molecule has 0 saturated carbocycles. The van der Waals surface area contributed by atoms with Gasteiger partial charge in [-0.25, -0.2) is 13.6 Å². The standard InChI is InChI=1S/C14H20N2O4S/c15-21(18,19)13-6-4-11(5-7-13)10-16-14(17)9-12-3-1-2-8-20-12/h4-7,12H,1-3,8-10H2,(H,16,17)(H2,15,18,19). The molecule has 1 fully saturated rings. The topological polar surface area (TPSA) is 98.5 Å². The molecule has 21 heavy (non-hydrogen) atoms. The maximum absolute atomic E-state index is 11.8. The van der Waals surface area contributed by atoms with Gasteiger partial charge in [0, 0.05) is 13.2 Å². The number of carbonyl (C=O) groups excluding carboxylic acids is 1. The van der Waals surface area contributed by atoms with Crippen molar-refractivity contribution in [3.8, 4) is 0 Å². The van der Waals surface area contributed by atoms with E-state index >= 15 is 0 Å². The highest BCUT2D eigenvalue weighted by Crippen LogP contribution is 2.15. The summed E-state index contributed by atoms with van der Waals surface area (Å²) in [6, 6.07) is 6.14. The molecule has 1 aliphatic heterocycles. The van der Waals surface area contributed by atoms with Crippen LogP contribution >= 0.6 is 0 Å². The average Bonchev–Trinajstić information content (AvgIpc) is 2.46. The van der Waals surface area contributed by atoms with Crippen LogP contribution in [0.15, 0.2) is 29.2 Å². The Bertz CT molecular complexity index is 577. The predicted molar refractivity (Wildman–Crippen MR) is 77.9 cm³/mol. The van der Waals surface area contributed by atoms with E-state index in [0.717, 1.165) is 31.4 Å². The summed E-state index contributed by atoms with van der Waals surface area (Å²) >= 11 is 0. The molecule has 0 radical (unpaired) electrons. The zero-order valence-electron chi connectivity index (χ0n) is 11.7. The lowest BCUT2D eigenvalue weighted by Crippen LogP contribution is -2.30. The van der Waals surface area contributed by atoms with Crippen molar-refractivity contribution in [2.24, 2.45) is 5.14 Å². The summed E-state index contributed by atoms with van der Waals surface area (Å²) < 4.78 is 27.8. The Balaban J connectivity index is 1.81. The van der Waals surface area contributed by atoms with Crippen LogP contribution in [0.4, 0.5) is 0 Å². The van der Waals surface area contributed by atoms with Gasteiger partial charge < -0.3 is 10.1 Å². The third-order valence-corrected chi connectivity index (χ3v) is 4.36. The quantitative estimate of drug-likeness (QED) is 0.844. The fourth-order valence-corrected chi connectivity index (χ4v) is 2.76. The van der Waals surface area contributed by atoms with E-state index < -0.39 is 10.0 Å². The van der Waals surface area contributed by atoms with E-state index in [9.17, 15) is 13.2 Å². The van der Waals surface area contributed by atoms with Gasteiger partial charge in [0.2, 0.25) is 15.9 Å². The second-order valence-corrected chi connectivity index (χ2v) is 6.72. The number of nitrogens with one attached hydrogen (secondary N) is 1. The Morgan fingerprint density at radius 2 is 2.00 bits per heavy atom. The number of hydrogen-bond acceptors (Lipinski definition) is 4. The summed E-state index contributed by atoms with van der Waals surface area (Å²) in [6.45, 7) is 1.09. The maximum Gasteiger partial charge on any atom is 0.238 e. The summed E-state index contributed by atoms with van der Waals surface area (Å²) in [5.74, 6) is -0.0579. The van der Waals surface area contributed by atoms with Crippen LogP contribution in [0, 0.1) is 0 Å². The fourth-order valence-electron chi connectivity index (χ4n) is 2.24. The van der Waals surface area contributed by atoms with Crippen LogP contribution in [-0.2, 0) is 26.1 Å². The summed E-state index contributed by atoms with van der Waals surface area (Å²) in [7, 11) is -3.67. The molecule has 1 aliphatic rings. The van der Waals surface area contributed by atoms with Crippen LogP contribution in [0.5, 0.6) is 0 Å². The van der Waals surface area contributed by atoms with Crippen LogP contribution in [-0.4, -0.2) is 27.0 Å². The van der Waals surface area contributed by atoms with E-state index in [1.807, 2.05) is 0 Å². The number of nitrogens with two attached hydrogens (primary N) is 1. The molecule has 1 amide bonds. The lowest BCUT2D eigenvalue weighted by atomic mass is 10.1. The van der Waals surface area contributed by atoms with Crippen LogP contribution in [0.25, 0.3) is 0 Å². The molecule has 116 valence electrons. The highest BCUT2D eigenvalue weighted by atomic mass is 32.2. The molecule has 1 unspecified atom stereocenters. The van der Waals surface area contributed by atoms with Crippen molar-refractivity contribution in [3.05, 3.63) is 29.8 Å². The molecule has 1 heterocycles. The highest BCUT2D eigenvalue weighted by Gasteiger charge is 2.17. The van der Waals surface area contributed by atoms with E-state index in [0.29, 0.717) is 13.0 Å². The monoisotopic (exact) mass is 312 g/mol. The first kappa shape index (κ1) is 15.9. The van der Waals surface area contributed by atoms with Gasteiger partial charge >= 0.3 is 0 Å². The largest absolute Gasteiger partial charge is 0.378 e. The normalized spacial score (nSPS) is 19.2. The molecule has 1 saturated heterocycles. The van der Waals surface area contributed by atoms with Crippen molar-refractivity contribution >= 4 is 15.9 Å². The number of hydrogen-bond donors (Lipinski definition) is 2. The molecule has 2 rings (SSSR count). The Kier molecular flexibility index (Phi) is 5.33. The third kappa shape index (κ3) is 5.11. The minimum atomic E-state index is -3.67. The van der Waals surface area contributed by atoms with Crippen molar-refractivity contribution in [2.75, 3.05) is 6.61 Å². The molecule has 7 heteroatoms. The van der Waals surface area contributed by atoms with Crippen molar-refractivity contribution in [2.45, 2.75) is 43.2 Å². The van der Waals surface area contributed by atoms with Crippen LogP contribution < -0.4 is 10.5 Å². The summed E-state index contributed by atoms with van der Waals surface area (Å²) in [5, 5.41) is 7.83. The van der Waals surface area contributed by atoms with Gasteiger partial charge in [-0.1, -0.05) is 12.1 Å². The van der Waals surface area contributed by atoms with Gasteiger partial charge in [0.15, 0.2) is 0 Å². The van der Waals surface area contributed by atoms with E-state index in [-0.39, 0.29) is 16.9 Å². The van der Waals surface area contributed by atoms with Crippen LogP contribution in [0.2, 0.25) is 0 Å². The van der Waals surface area contributed by atoms with Crippen molar-refractivity contribution in [1.82, 2.24) is 5.32 Å². The van der Waals surface area contributed by atoms with Gasteiger partial charge in [-0.15, -0.1) is 0 Å². The molecule has 1 aromatic carbocycles. The SMILES string of the molecule is NS(=O)(=O)c1ccc(CNC(=O)CC2CCCCO2)cc1. The van der Waals surface area contributed by atoms with E-state index in [4.69, 9.17) is 9.88 Å². The van der Waals surface area contributed by atoms with Gasteiger partial charge in [-0.3, -0.25) is 4.79 Å². The molecule has 0 spiro atoms. The first-order chi connectivity index (χ1) is 9.95. The van der Waals surface area contributed by atoms with E-state index in [1.54, 1.807) is 12.1 Å². The molecule has 1 atom stereocenters. The summed E-state index contributed by atoms with van der Waals surface area (Å²) in [5.41, 5.74) is 0.820. The maximum atomic E-state index is 11.8. The van der Waals surface area contributed by atoms with Crippen molar-refractivity contribution in [1.29, 1.82) is 0 Å². The molecule has 1 aromatic rings. The predicted octanol–water partition coefficient (Wildman–Crippen LogP) is 0.909. The highest BCUT2D eigenvalue weighted by molar-refractivity contribution is 7.89. The molecular formula is C14H20N2O4S. The Labute approximate surface area is 124 Å². The lowest BCUT2D eigenvalue weighted by molar-refractivity contribution is -0.125. The van der Waals surface area contributed by atoms with Gasteiger partial charge in [0.1, 0.15) is 0 Å². The summed E-state index contributed by atoms with van der Waals surface area (Å²) in [6.07, 6.45) is 3.48. The number of amides is 1. The average molecular weight is 312 g/mol. The van der Waals surface area contributed by atoms with Gasteiger partial charge in [0.05, 0.1) is 17.4 Å². The molecule has 0 aromatic heterocycles. The number of benzene rings is 1. The van der Waals surface area contributed by atoms with E-state index in [2.05, 4.69) is 5.32 Å². The Hall–Kier alpha value is -1.44.